The Morgan fingerprint density at radius 1 is 1.11 bits per heavy atom. The lowest BCUT2D eigenvalue weighted by molar-refractivity contribution is 0.0365. The Morgan fingerprint density at radius 2 is 1.81 bits per heavy atom. The number of hydrogen-bond acceptors (Lipinski definition) is 6. The van der Waals surface area contributed by atoms with Gasteiger partial charge in [-0.05, 0) is 42.8 Å². The van der Waals surface area contributed by atoms with Crippen LogP contribution < -0.4 is 20.3 Å². The quantitative estimate of drug-likeness (QED) is 0.449. The van der Waals surface area contributed by atoms with Crippen molar-refractivity contribution in [3.05, 3.63) is 63.4 Å². The molecule has 0 aliphatic carbocycles. The zero-order valence-electron chi connectivity index (χ0n) is 20.5. The summed E-state index contributed by atoms with van der Waals surface area (Å²) in [5.41, 5.74) is 1.48. The summed E-state index contributed by atoms with van der Waals surface area (Å²) < 4.78 is 16.2. The first kappa shape index (κ1) is 25.8. The molecule has 2 heterocycles. The number of carbonyl (C=O) groups excluding carboxylic acids is 1. The van der Waals surface area contributed by atoms with Gasteiger partial charge in [-0.1, -0.05) is 11.6 Å². The van der Waals surface area contributed by atoms with E-state index in [2.05, 4.69) is 15.2 Å². The molecule has 0 saturated carbocycles. The number of anilines is 1. The lowest BCUT2D eigenvalue weighted by atomic mass is 10.1. The number of urea groups is 1. The normalized spacial score (nSPS) is 14.0. The van der Waals surface area contributed by atoms with Gasteiger partial charge in [0.15, 0.2) is 11.5 Å². The third-order valence-corrected chi connectivity index (χ3v) is 6.43. The molecule has 9 nitrogen and oxygen atoms in total. The minimum atomic E-state index is -0.286. The lowest BCUT2D eigenvalue weighted by Crippen LogP contribution is -2.40. The standard InChI is InChI=1S/C26H31ClN4O5/c1-34-23-15-18-14-19(25(32)29-22(18)16-24(23)35-2)17-31(9-3-8-30-10-12-36-13-11-30)26(33)28-21-6-4-20(27)5-7-21/h4-7,14-16H,3,8-13,17H2,1-2H3,(H,28,33)(H,29,32). The van der Waals surface area contributed by atoms with E-state index in [0.29, 0.717) is 39.8 Å². The van der Waals surface area contributed by atoms with E-state index in [1.807, 2.05) is 6.07 Å². The summed E-state index contributed by atoms with van der Waals surface area (Å²) in [6, 6.07) is 12.0. The number of H-pyrrole nitrogens is 1. The van der Waals surface area contributed by atoms with Crippen molar-refractivity contribution in [3.63, 3.8) is 0 Å². The molecule has 10 heteroatoms. The third kappa shape index (κ3) is 6.48. The average Bonchev–Trinajstić information content (AvgIpc) is 2.89. The summed E-state index contributed by atoms with van der Waals surface area (Å²) in [4.78, 5) is 33.1. The highest BCUT2D eigenvalue weighted by atomic mass is 35.5. The molecule has 0 spiro atoms. The van der Waals surface area contributed by atoms with Crippen molar-refractivity contribution in [3.8, 4) is 11.5 Å². The highest BCUT2D eigenvalue weighted by molar-refractivity contribution is 6.30. The van der Waals surface area contributed by atoms with Crippen LogP contribution in [0.4, 0.5) is 10.5 Å². The number of halogens is 1. The van der Waals surface area contributed by atoms with Crippen LogP contribution in [0.1, 0.15) is 12.0 Å². The van der Waals surface area contributed by atoms with Crippen molar-refractivity contribution < 1.29 is 19.0 Å². The number of nitrogens with zero attached hydrogens (tertiary/aromatic N) is 2. The van der Waals surface area contributed by atoms with E-state index >= 15 is 0 Å². The maximum absolute atomic E-state index is 13.2. The Bertz CT molecular complexity index is 1240. The van der Waals surface area contributed by atoms with Gasteiger partial charge in [0.1, 0.15) is 0 Å². The molecule has 1 aliphatic heterocycles. The third-order valence-electron chi connectivity index (χ3n) is 6.18. The van der Waals surface area contributed by atoms with Gasteiger partial charge in [0.05, 0.1) is 39.5 Å². The van der Waals surface area contributed by atoms with Gasteiger partial charge in [0.25, 0.3) is 5.56 Å². The molecule has 1 aliphatic rings. The molecule has 2 amide bonds. The van der Waals surface area contributed by atoms with Crippen LogP contribution >= 0.6 is 11.6 Å². The number of ether oxygens (including phenoxy) is 3. The van der Waals surface area contributed by atoms with Gasteiger partial charge in [0, 0.05) is 53.9 Å². The Labute approximate surface area is 214 Å². The second-order valence-corrected chi connectivity index (χ2v) is 9.02. The number of methoxy groups -OCH3 is 2. The van der Waals surface area contributed by atoms with E-state index in [1.54, 1.807) is 55.5 Å². The average molecular weight is 515 g/mol. The van der Waals surface area contributed by atoms with Crippen LogP contribution in [-0.2, 0) is 11.3 Å². The number of carbonyl (C=O) groups is 1. The van der Waals surface area contributed by atoms with Crippen LogP contribution in [0.2, 0.25) is 5.02 Å². The summed E-state index contributed by atoms with van der Waals surface area (Å²) in [6.07, 6.45) is 0.768. The molecule has 1 saturated heterocycles. The molecule has 0 atom stereocenters. The molecule has 2 aromatic carbocycles. The zero-order valence-corrected chi connectivity index (χ0v) is 21.3. The number of nitrogens with one attached hydrogen (secondary N) is 2. The molecule has 4 rings (SSSR count). The van der Waals surface area contributed by atoms with Crippen molar-refractivity contribution >= 4 is 34.2 Å². The number of pyridine rings is 1. The van der Waals surface area contributed by atoms with Crippen LogP contribution in [0.25, 0.3) is 10.9 Å². The number of morpholine rings is 1. The van der Waals surface area contributed by atoms with Gasteiger partial charge in [0.2, 0.25) is 0 Å². The summed E-state index contributed by atoms with van der Waals surface area (Å²) in [7, 11) is 3.11. The first-order chi connectivity index (χ1) is 17.5. The Hall–Kier alpha value is -3.27. The number of amides is 2. The number of rotatable bonds is 9. The van der Waals surface area contributed by atoms with Gasteiger partial charge in [-0.15, -0.1) is 0 Å². The Morgan fingerprint density at radius 3 is 2.50 bits per heavy atom. The van der Waals surface area contributed by atoms with Crippen molar-refractivity contribution in [2.24, 2.45) is 0 Å². The maximum atomic E-state index is 13.2. The van der Waals surface area contributed by atoms with E-state index in [0.717, 1.165) is 44.7 Å². The van der Waals surface area contributed by atoms with E-state index in [9.17, 15) is 9.59 Å². The van der Waals surface area contributed by atoms with Crippen molar-refractivity contribution in [1.82, 2.24) is 14.8 Å². The largest absolute Gasteiger partial charge is 0.493 e. The summed E-state index contributed by atoms with van der Waals surface area (Å²) in [6.45, 7) is 4.70. The maximum Gasteiger partial charge on any atom is 0.322 e. The predicted molar refractivity (Wildman–Crippen MR) is 140 cm³/mol. The summed E-state index contributed by atoms with van der Waals surface area (Å²) in [5, 5.41) is 4.29. The number of benzene rings is 2. The fourth-order valence-electron chi connectivity index (χ4n) is 4.20. The topological polar surface area (TPSA) is 96.1 Å². The van der Waals surface area contributed by atoms with Crippen LogP contribution in [0.3, 0.4) is 0 Å². The fourth-order valence-corrected chi connectivity index (χ4v) is 4.33. The van der Waals surface area contributed by atoms with Crippen LogP contribution in [0.15, 0.2) is 47.3 Å². The molecule has 1 fully saturated rings. The molecule has 3 aromatic rings. The number of fused-ring (bicyclic) bond motifs is 1. The van der Waals surface area contributed by atoms with Crippen LogP contribution in [-0.4, -0.2) is 74.4 Å². The molecule has 2 N–H and O–H groups in total. The van der Waals surface area contributed by atoms with E-state index in [1.165, 1.54) is 0 Å². The molecular formula is C26H31ClN4O5. The highest BCUT2D eigenvalue weighted by Crippen LogP contribution is 2.31. The molecule has 0 bridgehead atoms. The molecular weight excluding hydrogens is 484 g/mol. The molecule has 192 valence electrons. The predicted octanol–water partition coefficient (Wildman–Crippen LogP) is 3.96. The van der Waals surface area contributed by atoms with Crippen molar-refractivity contribution in [1.29, 1.82) is 0 Å². The zero-order chi connectivity index (χ0) is 25.5. The highest BCUT2D eigenvalue weighted by Gasteiger charge is 2.18. The second kappa shape index (κ2) is 12.1. The smallest absolute Gasteiger partial charge is 0.322 e. The second-order valence-electron chi connectivity index (χ2n) is 8.58. The number of aromatic nitrogens is 1. The van der Waals surface area contributed by atoms with Gasteiger partial charge >= 0.3 is 6.03 Å². The number of aromatic amines is 1. The SMILES string of the molecule is COc1cc2cc(CN(CCCN3CCOCC3)C(=O)Nc3ccc(Cl)cc3)c(=O)[nH]c2cc1OC. The summed E-state index contributed by atoms with van der Waals surface area (Å²) >= 11 is 5.97. The minimum Gasteiger partial charge on any atom is -0.493 e. The molecule has 0 unspecified atom stereocenters. The molecule has 1 aromatic heterocycles. The monoisotopic (exact) mass is 514 g/mol. The summed E-state index contributed by atoms with van der Waals surface area (Å²) in [5.74, 6) is 1.09. The van der Waals surface area contributed by atoms with Gasteiger partial charge in [-0.25, -0.2) is 4.79 Å². The van der Waals surface area contributed by atoms with Gasteiger partial charge < -0.3 is 29.4 Å². The molecule has 36 heavy (non-hydrogen) atoms. The fraction of sp³-hybridized carbons (Fsp3) is 0.385. The number of hydrogen-bond donors (Lipinski definition) is 2. The first-order valence-corrected chi connectivity index (χ1v) is 12.2. The Balaban J connectivity index is 1.55. The van der Waals surface area contributed by atoms with Crippen molar-refractivity contribution in [2.45, 2.75) is 13.0 Å². The minimum absolute atomic E-state index is 0.155. The van der Waals surface area contributed by atoms with E-state index in [-0.39, 0.29) is 18.1 Å². The van der Waals surface area contributed by atoms with Gasteiger partial charge in [-0.2, -0.15) is 0 Å². The van der Waals surface area contributed by atoms with Crippen LogP contribution in [0.5, 0.6) is 11.5 Å². The van der Waals surface area contributed by atoms with E-state index < -0.39 is 0 Å². The van der Waals surface area contributed by atoms with Crippen molar-refractivity contribution in [2.75, 3.05) is 58.9 Å². The van der Waals surface area contributed by atoms with E-state index in [4.69, 9.17) is 25.8 Å². The van der Waals surface area contributed by atoms with Crippen LogP contribution in [0, 0.1) is 0 Å². The first-order valence-electron chi connectivity index (χ1n) is 11.9. The molecule has 0 radical (unpaired) electrons. The lowest BCUT2D eigenvalue weighted by Gasteiger charge is -2.28. The Kier molecular flexibility index (Phi) is 8.69. The van der Waals surface area contributed by atoms with Gasteiger partial charge in [-0.3, -0.25) is 9.69 Å².